The first-order valence-corrected chi connectivity index (χ1v) is 12.1. The van der Waals surface area contributed by atoms with Crippen molar-refractivity contribution in [2.75, 3.05) is 12.4 Å². The lowest BCUT2D eigenvalue weighted by atomic mass is 10.2. The molecule has 0 atom stereocenters. The Hall–Kier alpha value is -3.06. The second-order valence-electron chi connectivity index (χ2n) is 7.98. The zero-order valence-electron chi connectivity index (χ0n) is 19.0. The molecular formula is C27H24Cl2FN3OS. The summed E-state index contributed by atoms with van der Waals surface area (Å²) in [5.41, 5.74) is 3.78. The van der Waals surface area contributed by atoms with Crippen molar-refractivity contribution in [3.05, 3.63) is 118 Å². The van der Waals surface area contributed by atoms with Gasteiger partial charge in [0.05, 0.1) is 18.7 Å². The molecule has 0 aliphatic heterocycles. The van der Waals surface area contributed by atoms with Crippen LogP contribution in [-0.4, -0.2) is 21.7 Å². The van der Waals surface area contributed by atoms with Crippen molar-refractivity contribution in [2.24, 2.45) is 0 Å². The molecule has 0 radical (unpaired) electrons. The maximum absolute atomic E-state index is 13.5. The summed E-state index contributed by atoms with van der Waals surface area (Å²) in [4.78, 5) is 2.08. The smallest absolute Gasteiger partial charge is 0.174 e. The number of rotatable bonds is 8. The van der Waals surface area contributed by atoms with Crippen LogP contribution in [0.5, 0.6) is 5.75 Å². The quantitative estimate of drug-likeness (QED) is 0.242. The maximum Gasteiger partial charge on any atom is 0.174 e. The van der Waals surface area contributed by atoms with Gasteiger partial charge in [0.25, 0.3) is 0 Å². The number of halogens is 3. The first-order chi connectivity index (χ1) is 16.9. The highest BCUT2D eigenvalue weighted by atomic mass is 35.5. The second-order valence-corrected chi connectivity index (χ2v) is 9.19. The van der Waals surface area contributed by atoms with Crippen LogP contribution < -0.4 is 10.1 Å². The van der Waals surface area contributed by atoms with E-state index in [1.165, 1.54) is 12.1 Å². The highest BCUT2D eigenvalue weighted by molar-refractivity contribution is 7.80. The molecule has 0 bridgehead atoms. The average Bonchev–Trinajstić information content (AvgIpc) is 3.28. The number of hydrogen-bond donors (Lipinski definition) is 1. The standard InChI is InChI=1S/C27H24Cl2FN3OS/c1-34-26-12-11-22(15-25(26)29)31-27(35)33(16-19-6-3-2-4-7-19)18-23-8-5-13-32(23)17-20-9-10-21(30)14-24(20)28/h2-15H,16-18H2,1H3,(H,31,35). The van der Waals surface area contributed by atoms with Crippen molar-refractivity contribution in [2.45, 2.75) is 19.6 Å². The Bertz CT molecular complexity index is 1310. The minimum absolute atomic E-state index is 0.351. The summed E-state index contributed by atoms with van der Waals surface area (Å²) in [5, 5.41) is 4.76. The summed E-state index contributed by atoms with van der Waals surface area (Å²) >= 11 is 18.4. The summed E-state index contributed by atoms with van der Waals surface area (Å²) < 4.78 is 20.8. The van der Waals surface area contributed by atoms with E-state index >= 15 is 0 Å². The van der Waals surface area contributed by atoms with Crippen LogP contribution in [-0.2, 0) is 19.6 Å². The maximum atomic E-state index is 13.5. The molecule has 1 aromatic heterocycles. The van der Waals surface area contributed by atoms with Gasteiger partial charge in [0.1, 0.15) is 11.6 Å². The predicted octanol–water partition coefficient (Wildman–Crippen LogP) is 7.39. The first-order valence-electron chi connectivity index (χ1n) is 10.9. The molecule has 8 heteroatoms. The zero-order valence-corrected chi connectivity index (χ0v) is 21.4. The highest BCUT2D eigenvalue weighted by Crippen LogP contribution is 2.28. The molecule has 35 heavy (non-hydrogen) atoms. The third-order valence-electron chi connectivity index (χ3n) is 5.54. The molecule has 1 heterocycles. The number of thiocarbonyl (C=S) groups is 1. The Kier molecular flexibility index (Phi) is 8.29. The third kappa shape index (κ3) is 6.54. The molecule has 0 fully saturated rings. The van der Waals surface area contributed by atoms with Gasteiger partial charge >= 0.3 is 0 Å². The molecular weight excluding hydrogens is 504 g/mol. The number of nitrogens with one attached hydrogen (secondary N) is 1. The average molecular weight is 528 g/mol. The molecule has 4 nitrogen and oxygen atoms in total. The van der Waals surface area contributed by atoms with Crippen LogP contribution in [0.4, 0.5) is 10.1 Å². The topological polar surface area (TPSA) is 29.4 Å². The number of aromatic nitrogens is 1. The summed E-state index contributed by atoms with van der Waals surface area (Å²) in [6.07, 6.45) is 1.98. The summed E-state index contributed by atoms with van der Waals surface area (Å²) in [6.45, 7) is 1.68. The van der Waals surface area contributed by atoms with Crippen molar-refractivity contribution >= 4 is 46.2 Å². The predicted molar refractivity (Wildman–Crippen MR) is 145 cm³/mol. The van der Waals surface area contributed by atoms with Gasteiger partial charge in [-0.25, -0.2) is 4.39 Å². The van der Waals surface area contributed by atoms with E-state index in [0.29, 0.717) is 40.5 Å². The van der Waals surface area contributed by atoms with E-state index in [2.05, 4.69) is 26.9 Å². The first kappa shape index (κ1) is 25.0. The molecule has 0 aliphatic carbocycles. The van der Waals surface area contributed by atoms with E-state index in [4.69, 9.17) is 40.2 Å². The normalized spacial score (nSPS) is 10.7. The van der Waals surface area contributed by atoms with Crippen LogP contribution in [0.25, 0.3) is 0 Å². The van der Waals surface area contributed by atoms with Crippen LogP contribution in [0.3, 0.4) is 0 Å². The van der Waals surface area contributed by atoms with Gasteiger partial charge in [-0.05, 0) is 65.8 Å². The van der Waals surface area contributed by atoms with E-state index in [-0.39, 0.29) is 5.82 Å². The minimum atomic E-state index is -0.351. The van der Waals surface area contributed by atoms with E-state index < -0.39 is 0 Å². The second kappa shape index (κ2) is 11.6. The van der Waals surface area contributed by atoms with E-state index in [0.717, 1.165) is 22.5 Å². The lowest BCUT2D eigenvalue weighted by Crippen LogP contribution is -2.34. The van der Waals surface area contributed by atoms with E-state index in [9.17, 15) is 4.39 Å². The molecule has 0 aliphatic rings. The molecule has 4 aromatic rings. The van der Waals surface area contributed by atoms with Crippen LogP contribution >= 0.6 is 35.4 Å². The lowest BCUT2D eigenvalue weighted by molar-refractivity contribution is 0.399. The number of methoxy groups -OCH3 is 1. The van der Waals surface area contributed by atoms with Crippen LogP contribution in [0, 0.1) is 5.82 Å². The van der Waals surface area contributed by atoms with Crippen molar-refractivity contribution in [3.8, 4) is 5.75 Å². The van der Waals surface area contributed by atoms with Gasteiger partial charge in [-0.15, -0.1) is 0 Å². The SMILES string of the molecule is COc1ccc(NC(=S)N(Cc2ccccc2)Cc2cccn2Cc2ccc(F)cc2Cl)cc1Cl. The van der Waals surface area contributed by atoms with Gasteiger partial charge in [-0.3, -0.25) is 0 Å². The van der Waals surface area contributed by atoms with Gasteiger partial charge in [0, 0.05) is 35.7 Å². The van der Waals surface area contributed by atoms with Crippen molar-refractivity contribution in [3.63, 3.8) is 0 Å². The Morgan fingerprint density at radius 2 is 1.77 bits per heavy atom. The molecule has 3 aromatic carbocycles. The zero-order chi connectivity index (χ0) is 24.8. The van der Waals surface area contributed by atoms with Gasteiger partial charge < -0.3 is 19.5 Å². The summed E-state index contributed by atoms with van der Waals surface area (Å²) in [6, 6.07) is 24.1. The van der Waals surface area contributed by atoms with E-state index in [1.54, 1.807) is 25.3 Å². The van der Waals surface area contributed by atoms with Crippen molar-refractivity contribution in [1.82, 2.24) is 9.47 Å². The van der Waals surface area contributed by atoms with Crippen LogP contribution in [0.2, 0.25) is 10.0 Å². The van der Waals surface area contributed by atoms with Crippen LogP contribution in [0.1, 0.15) is 16.8 Å². The summed E-state index contributed by atoms with van der Waals surface area (Å²) in [7, 11) is 1.58. The highest BCUT2D eigenvalue weighted by Gasteiger charge is 2.15. The largest absolute Gasteiger partial charge is 0.495 e. The molecule has 0 saturated carbocycles. The fourth-order valence-electron chi connectivity index (χ4n) is 3.73. The Morgan fingerprint density at radius 3 is 2.49 bits per heavy atom. The Labute approximate surface area is 219 Å². The number of anilines is 1. The minimum Gasteiger partial charge on any atom is -0.495 e. The Morgan fingerprint density at radius 1 is 0.971 bits per heavy atom. The molecule has 4 rings (SSSR count). The fourth-order valence-corrected chi connectivity index (χ4v) is 4.46. The third-order valence-corrected chi connectivity index (χ3v) is 6.55. The number of nitrogens with zero attached hydrogens (tertiary/aromatic N) is 2. The molecule has 0 saturated heterocycles. The van der Waals surface area contributed by atoms with Crippen molar-refractivity contribution in [1.29, 1.82) is 0 Å². The van der Waals surface area contributed by atoms with Gasteiger partial charge in [-0.2, -0.15) is 0 Å². The Balaban J connectivity index is 1.56. The van der Waals surface area contributed by atoms with Gasteiger partial charge in [-0.1, -0.05) is 59.6 Å². The number of hydrogen-bond acceptors (Lipinski definition) is 2. The molecule has 0 amide bonds. The fraction of sp³-hybridized carbons (Fsp3) is 0.148. The van der Waals surface area contributed by atoms with Crippen molar-refractivity contribution < 1.29 is 9.13 Å². The summed E-state index contributed by atoms with van der Waals surface area (Å²) in [5.74, 6) is 0.247. The number of benzene rings is 3. The van der Waals surface area contributed by atoms with Gasteiger partial charge in [0.15, 0.2) is 5.11 Å². The number of ether oxygens (including phenoxy) is 1. The monoisotopic (exact) mass is 527 g/mol. The molecule has 0 unspecified atom stereocenters. The van der Waals surface area contributed by atoms with Crippen LogP contribution in [0.15, 0.2) is 85.1 Å². The lowest BCUT2D eigenvalue weighted by Gasteiger charge is -2.27. The molecule has 0 spiro atoms. The molecule has 180 valence electrons. The molecule has 1 N–H and O–H groups in total. The van der Waals surface area contributed by atoms with Gasteiger partial charge in [0.2, 0.25) is 0 Å². The van der Waals surface area contributed by atoms with E-state index in [1.807, 2.05) is 42.6 Å².